The summed E-state index contributed by atoms with van der Waals surface area (Å²) in [6, 6.07) is 3.37. The van der Waals surface area contributed by atoms with Crippen LogP contribution in [0.1, 0.15) is 5.56 Å². The van der Waals surface area contributed by atoms with Crippen LogP contribution in [-0.2, 0) is 11.3 Å². The third kappa shape index (κ3) is 3.24. The summed E-state index contributed by atoms with van der Waals surface area (Å²) in [6.07, 6.45) is 1.77. The average Bonchev–Trinajstić information content (AvgIpc) is 2.32. The van der Waals surface area contributed by atoms with Gasteiger partial charge in [0.1, 0.15) is 10.6 Å². The summed E-state index contributed by atoms with van der Waals surface area (Å²) in [4.78, 5) is 17.2. The number of piperazine rings is 1. The molecule has 0 unspecified atom stereocenters. The normalized spacial score (nSPS) is 21.4. The van der Waals surface area contributed by atoms with Gasteiger partial charge in [-0.2, -0.15) is 0 Å². The van der Waals surface area contributed by atoms with Gasteiger partial charge >= 0.3 is 5.97 Å². The highest BCUT2D eigenvalue weighted by Gasteiger charge is 2.27. The Hall–Kier alpha value is -0.980. The standard InChI is InChI=1S/C11H14BrN3O2/c12-10-2-1-8(5-14-10)7-15-4-3-13-6-9(15)11(16)17/h1-2,5,9,13H,3-4,6-7H2,(H,16,17)/t9-/m0/s1. The fourth-order valence-electron chi connectivity index (χ4n) is 1.91. The Labute approximate surface area is 108 Å². The van der Waals surface area contributed by atoms with Gasteiger partial charge in [0.15, 0.2) is 0 Å². The first-order valence-electron chi connectivity index (χ1n) is 5.45. The molecule has 1 aliphatic heterocycles. The molecule has 2 heterocycles. The maximum atomic E-state index is 11.1. The van der Waals surface area contributed by atoms with Crippen molar-refractivity contribution in [1.29, 1.82) is 0 Å². The number of pyridine rings is 1. The molecule has 2 N–H and O–H groups in total. The van der Waals surface area contributed by atoms with E-state index in [4.69, 9.17) is 5.11 Å². The van der Waals surface area contributed by atoms with Crippen molar-refractivity contribution in [2.45, 2.75) is 12.6 Å². The number of aliphatic carboxylic acids is 1. The molecule has 1 saturated heterocycles. The van der Waals surface area contributed by atoms with Gasteiger partial charge in [0.25, 0.3) is 0 Å². The van der Waals surface area contributed by atoms with Crippen molar-refractivity contribution in [1.82, 2.24) is 15.2 Å². The maximum absolute atomic E-state index is 11.1. The number of carboxylic acid groups (broad SMARTS) is 1. The topological polar surface area (TPSA) is 65.5 Å². The zero-order valence-electron chi connectivity index (χ0n) is 9.27. The van der Waals surface area contributed by atoms with Gasteiger partial charge in [-0.1, -0.05) is 6.07 Å². The molecule has 0 radical (unpaired) electrons. The van der Waals surface area contributed by atoms with Crippen molar-refractivity contribution < 1.29 is 9.90 Å². The van der Waals surface area contributed by atoms with Crippen molar-refractivity contribution >= 4 is 21.9 Å². The molecular weight excluding hydrogens is 286 g/mol. The van der Waals surface area contributed by atoms with Crippen LogP contribution >= 0.6 is 15.9 Å². The zero-order chi connectivity index (χ0) is 12.3. The van der Waals surface area contributed by atoms with Gasteiger partial charge in [0.2, 0.25) is 0 Å². The van der Waals surface area contributed by atoms with E-state index >= 15 is 0 Å². The van der Waals surface area contributed by atoms with Gasteiger partial charge in [0.05, 0.1) is 0 Å². The fourth-order valence-corrected chi connectivity index (χ4v) is 2.15. The molecule has 1 aromatic heterocycles. The van der Waals surface area contributed by atoms with Crippen LogP contribution in [0.5, 0.6) is 0 Å². The third-order valence-electron chi connectivity index (χ3n) is 2.81. The smallest absolute Gasteiger partial charge is 0.322 e. The molecule has 0 aromatic carbocycles. The van der Waals surface area contributed by atoms with E-state index in [1.54, 1.807) is 6.20 Å². The second-order valence-electron chi connectivity index (χ2n) is 4.02. The lowest BCUT2D eigenvalue weighted by molar-refractivity contribution is -0.144. The van der Waals surface area contributed by atoms with Crippen LogP contribution in [0.2, 0.25) is 0 Å². The largest absolute Gasteiger partial charge is 0.480 e. The summed E-state index contributed by atoms with van der Waals surface area (Å²) in [7, 11) is 0. The summed E-state index contributed by atoms with van der Waals surface area (Å²) in [5.41, 5.74) is 1.03. The zero-order valence-corrected chi connectivity index (χ0v) is 10.9. The molecule has 1 fully saturated rings. The SMILES string of the molecule is O=C(O)[C@@H]1CNCCN1Cc1ccc(Br)nc1. The van der Waals surface area contributed by atoms with Crippen LogP contribution < -0.4 is 5.32 Å². The van der Waals surface area contributed by atoms with Gasteiger partial charge in [-0.3, -0.25) is 9.69 Å². The first-order chi connectivity index (χ1) is 8.16. The molecule has 1 aliphatic rings. The van der Waals surface area contributed by atoms with Crippen LogP contribution in [0.3, 0.4) is 0 Å². The number of rotatable bonds is 3. The number of carboxylic acids is 1. The number of carbonyl (C=O) groups is 1. The highest BCUT2D eigenvalue weighted by molar-refractivity contribution is 9.10. The minimum Gasteiger partial charge on any atom is -0.480 e. The highest BCUT2D eigenvalue weighted by atomic mass is 79.9. The van der Waals surface area contributed by atoms with Crippen LogP contribution in [0, 0.1) is 0 Å². The second kappa shape index (κ2) is 5.57. The summed E-state index contributed by atoms with van der Waals surface area (Å²) in [6.45, 7) is 2.69. The van der Waals surface area contributed by atoms with Crippen molar-refractivity contribution in [3.8, 4) is 0 Å². The quantitative estimate of drug-likeness (QED) is 0.805. The molecule has 0 bridgehead atoms. The molecule has 0 spiro atoms. The number of hydrogen-bond acceptors (Lipinski definition) is 4. The number of aromatic nitrogens is 1. The molecule has 17 heavy (non-hydrogen) atoms. The van der Waals surface area contributed by atoms with Gasteiger partial charge in [-0.25, -0.2) is 4.98 Å². The van der Waals surface area contributed by atoms with Gasteiger partial charge in [0, 0.05) is 32.4 Å². The van der Waals surface area contributed by atoms with Crippen molar-refractivity contribution in [2.75, 3.05) is 19.6 Å². The monoisotopic (exact) mass is 299 g/mol. The number of hydrogen-bond donors (Lipinski definition) is 2. The molecule has 0 saturated carbocycles. The van der Waals surface area contributed by atoms with E-state index in [9.17, 15) is 4.79 Å². The van der Waals surface area contributed by atoms with Crippen LogP contribution in [0.15, 0.2) is 22.9 Å². The van der Waals surface area contributed by atoms with E-state index in [1.807, 2.05) is 17.0 Å². The molecule has 1 aromatic rings. The van der Waals surface area contributed by atoms with E-state index in [2.05, 4.69) is 26.2 Å². The molecule has 0 amide bonds. The lowest BCUT2D eigenvalue weighted by Gasteiger charge is -2.33. The van der Waals surface area contributed by atoms with Gasteiger partial charge in [-0.05, 0) is 27.6 Å². The van der Waals surface area contributed by atoms with E-state index < -0.39 is 12.0 Å². The Morgan fingerprint density at radius 2 is 2.47 bits per heavy atom. The Bertz CT molecular complexity index is 396. The molecule has 2 rings (SSSR count). The number of halogens is 1. The van der Waals surface area contributed by atoms with Gasteiger partial charge in [-0.15, -0.1) is 0 Å². The first-order valence-corrected chi connectivity index (χ1v) is 6.24. The Balaban J connectivity index is 2.05. The van der Waals surface area contributed by atoms with E-state index in [1.165, 1.54) is 0 Å². The highest BCUT2D eigenvalue weighted by Crippen LogP contribution is 2.12. The predicted octanol–water partition coefficient (Wildman–Crippen LogP) is 0.703. The Kier molecular flexibility index (Phi) is 4.09. The molecule has 92 valence electrons. The Morgan fingerprint density at radius 3 is 3.12 bits per heavy atom. The average molecular weight is 300 g/mol. The van der Waals surface area contributed by atoms with Crippen LogP contribution in [0.25, 0.3) is 0 Å². The minimum absolute atomic E-state index is 0.451. The summed E-state index contributed by atoms with van der Waals surface area (Å²) in [5, 5.41) is 12.2. The molecule has 0 aliphatic carbocycles. The predicted molar refractivity (Wildman–Crippen MR) is 66.6 cm³/mol. The maximum Gasteiger partial charge on any atom is 0.322 e. The third-order valence-corrected chi connectivity index (χ3v) is 3.28. The van der Waals surface area contributed by atoms with E-state index in [-0.39, 0.29) is 0 Å². The first kappa shape index (κ1) is 12.5. The Morgan fingerprint density at radius 1 is 1.65 bits per heavy atom. The summed E-state index contributed by atoms with van der Waals surface area (Å²) >= 11 is 3.28. The lowest BCUT2D eigenvalue weighted by Crippen LogP contribution is -2.54. The molecule has 6 heteroatoms. The van der Waals surface area contributed by atoms with Crippen molar-refractivity contribution in [3.63, 3.8) is 0 Å². The second-order valence-corrected chi connectivity index (χ2v) is 4.83. The summed E-state index contributed by atoms with van der Waals surface area (Å²) < 4.78 is 0.788. The van der Waals surface area contributed by atoms with E-state index in [0.717, 1.165) is 23.3 Å². The van der Waals surface area contributed by atoms with Crippen LogP contribution in [0.4, 0.5) is 0 Å². The van der Waals surface area contributed by atoms with Crippen molar-refractivity contribution in [2.24, 2.45) is 0 Å². The number of nitrogens with zero attached hydrogens (tertiary/aromatic N) is 2. The molecular formula is C11H14BrN3O2. The molecule has 5 nitrogen and oxygen atoms in total. The van der Waals surface area contributed by atoms with E-state index in [0.29, 0.717) is 13.1 Å². The van der Waals surface area contributed by atoms with Crippen molar-refractivity contribution in [3.05, 3.63) is 28.5 Å². The van der Waals surface area contributed by atoms with Gasteiger partial charge < -0.3 is 10.4 Å². The van der Waals surface area contributed by atoms with Crippen LogP contribution in [-0.4, -0.2) is 46.6 Å². The number of nitrogens with one attached hydrogen (secondary N) is 1. The molecule has 1 atom stereocenters. The minimum atomic E-state index is -0.776. The summed E-state index contributed by atoms with van der Waals surface area (Å²) in [5.74, 6) is -0.776. The fraction of sp³-hybridized carbons (Fsp3) is 0.455. The lowest BCUT2D eigenvalue weighted by atomic mass is 10.1.